The van der Waals surface area contributed by atoms with Gasteiger partial charge in [-0.05, 0) is 36.8 Å². The van der Waals surface area contributed by atoms with E-state index in [0.29, 0.717) is 25.3 Å². The molecule has 156 valence electrons. The van der Waals surface area contributed by atoms with Gasteiger partial charge in [0, 0.05) is 38.9 Å². The molecule has 1 saturated heterocycles. The van der Waals surface area contributed by atoms with Gasteiger partial charge < -0.3 is 5.32 Å². The van der Waals surface area contributed by atoms with E-state index in [4.69, 9.17) is 11.6 Å². The van der Waals surface area contributed by atoms with E-state index < -0.39 is 11.7 Å². The number of carbonyl (C=O) groups excluding carboxylic acids is 1. The summed E-state index contributed by atoms with van der Waals surface area (Å²) in [5.74, 6) is -0.156. The lowest BCUT2D eigenvalue weighted by Gasteiger charge is -2.37. The minimum atomic E-state index is -4.32. The van der Waals surface area contributed by atoms with Gasteiger partial charge in [0.05, 0.1) is 17.3 Å². The lowest BCUT2D eigenvalue weighted by atomic mass is 10.1. The molecule has 9 heteroatoms. The Hall–Kier alpha value is -2.16. The quantitative estimate of drug-likeness (QED) is 0.737. The van der Waals surface area contributed by atoms with Crippen LogP contribution in [-0.2, 0) is 17.5 Å². The van der Waals surface area contributed by atoms with Crippen LogP contribution in [-0.4, -0.2) is 52.9 Å². The van der Waals surface area contributed by atoms with E-state index in [1.807, 2.05) is 6.92 Å². The smallest absolute Gasteiger partial charge is 0.322 e. The maximum Gasteiger partial charge on any atom is 0.416 e. The van der Waals surface area contributed by atoms with Crippen molar-refractivity contribution in [3.8, 4) is 0 Å². The van der Waals surface area contributed by atoms with Crippen molar-refractivity contribution in [1.82, 2.24) is 14.8 Å². The summed E-state index contributed by atoms with van der Waals surface area (Å²) in [6.45, 7) is 5.26. The normalized spacial score (nSPS) is 17.1. The number of halogens is 4. The molecular formula is C20H22ClF3N4O. The minimum Gasteiger partial charge on any atom is -0.322 e. The first-order valence-corrected chi connectivity index (χ1v) is 9.66. The lowest BCUT2D eigenvalue weighted by Crippen LogP contribution is -2.52. The van der Waals surface area contributed by atoms with Crippen molar-refractivity contribution in [2.45, 2.75) is 25.7 Å². The number of alkyl halides is 3. The number of hydrogen-bond acceptors (Lipinski definition) is 4. The third-order valence-corrected chi connectivity index (χ3v) is 5.34. The van der Waals surface area contributed by atoms with Crippen molar-refractivity contribution in [3.05, 3.63) is 58.9 Å². The molecule has 1 unspecified atom stereocenters. The number of benzene rings is 1. The highest BCUT2D eigenvalue weighted by Gasteiger charge is 2.30. The van der Waals surface area contributed by atoms with Gasteiger partial charge in [-0.3, -0.25) is 14.6 Å². The van der Waals surface area contributed by atoms with Crippen LogP contribution in [0, 0.1) is 0 Å². The Balaban J connectivity index is 1.49. The number of anilines is 1. The van der Waals surface area contributed by atoms with Crippen LogP contribution >= 0.6 is 11.6 Å². The fraction of sp³-hybridized carbons (Fsp3) is 0.400. The molecule has 0 bridgehead atoms. The van der Waals surface area contributed by atoms with Crippen molar-refractivity contribution in [3.63, 3.8) is 0 Å². The molecule has 0 aliphatic carbocycles. The highest BCUT2D eigenvalue weighted by Crippen LogP contribution is 2.29. The molecular weight excluding hydrogens is 405 g/mol. The Morgan fingerprint density at radius 3 is 2.41 bits per heavy atom. The summed E-state index contributed by atoms with van der Waals surface area (Å²) >= 11 is 5.98. The van der Waals surface area contributed by atoms with Crippen molar-refractivity contribution < 1.29 is 18.0 Å². The van der Waals surface area contributed by atoms with Crippen LogP contribution in [0.5, 0.6) is 0 Å². The van der Waals surface area contributed by atoms with E-state index in [9.17, 15) is 18.0 Å². The second-order valence-corrected chi connectivity index (χ2v) is 7.37. The summed E-state index contributed by atoms with van der Waals surface area (Å²) in [6, 6.07) is 8.32. The predicted octanol–water partition coefficient (Wildman–Crippen LogP) is 3.90. The monoisotopic (exact) mass is 426 g/mol. The van der Waals surface area contributed by atoms with Gasteiger partial charge in [-0.15, -0.1) is 0 Å². The van der Waals surface area contributed by atoms with E-state index in [1.165, 1.54) is 12.1 Å². The largest absolute Gasteiger partial charge is 0.416 e. The fourth-order valence-electron chi connectivity index (χ4n) is 3.25. The average Bonchev–Trinajstić information content (AvgIpc) is 2.69. The third-order valence-electron chi connectivity index (χ3n) is 5.04. The molecule has 1 amide bonds. The molecule has 1 aromatic heterocycles. The van der Waals surface area contributed by atoms with Crippen LogP contribution in [0.3, 0.4) is 0 Å². The van der Waals surface area contributed by atoms with Gasteiger partial charge in [-0.2, -0.15) is 13.2 Å². The summed E-state index contributed by atoms with van der Waals surface area (Å²) in [6.07, 6.45) is -2.77. The number of nitrogens with zero attached hydrogens (tertiary/aromatic N) is 3. The molecule has 2 heterocycles. The summed E-state index contributed by atoms with van der Waals surface area (Å²) in [5.41, 5.74) is 0.676. The van der Waals surface area contributed by atoms with Gasteiger partial charge in [0.2, 0.25) is 5.91 Å². The lowest BCUT2D eigenvalue weighted by molar-refractivity contribution is -0.137. The Kier molecular flexibility index (Phi) is 6.77. The van der Waals surface area contributed by atoms with Gasteiger partial charge in [0.25, 0.3) is 0 Å². The van der Waals surface area contributed by atoms with Crippen LogP contribution < -0.4 is 5.32 Å². The van der Waals surface area contributed by atoms with Crippen molar-refractivity contribution in [2.75, 3.05) is 31.5 Å². The number of piperazine rings is 1. The summed E-state index contributed by atoms with van der Waals surface area (Å²) in [7, 11) is 0. The molecule has 1 aliphatic rings. The summed E-state index contributed by atoms with van der Waals surface area (Å²) in [5, 5.41) is 3.04. The SMILES string of the molecule is CC(C(=O)Nc1cccnc1Cl)N1CCN(Cc2ccc(C(F)(F)F)cc2)CC1. The number of nitrogens with one attached hydrogen (secondary N) is 1. The minimum absolute atomic E-state index is 0.156. The molecule has 1 aliphatic heterocycles. The zero-order chi connectivity index (χ0) is 21.0. The Morgan fingerprint density at radius 2 is 1.83 bits per heavy atom. The Morgan fingerprint density at radius 1 is 1.17 bits per heavy atom. The fourth-order valence-corrected chi connectivity index (χ4v) is 3.41. The second-order valence-electron chi connectivity index (χ2n) is 7.01. The summed E-state index contributed by atoms with van der Waals surface area (Å²) in [4.78, 5) is 20.7. The highest BCUT2D eigenvalue weighted by atomic mass is 35.5. The molecule has 3 rings (SSSR count). The second kappa shape index (κ2) is 9.11. The number of rotatable bonds is 5. The van der Waals surface area contributed by atoms with E-state index in [1.54, 1.807) is 18.3 Å². The number of hydrogen-bond donors (Lipinski definition) is 1. The zero-order valence-electron chi connectivity index (χ0n) is 15.9. The average molecular weight is 427 g/mol. The van der Waals surface area contributed by atoms with Gasteiger partial charge in [0.15, 0.2) is 5.15 Å². The molecule has 1 aromatic carbocycles. The summed E-state index contributed by atoms with van der Waals surface area (Å²) < 4.78 is 38.0. The van der Waals surface area contributed by atoms with E-state index in [0.717, 1.165) is 30.8 Å². The van der Waals surface area contributed by atoms with Crippen LogP contribution in [0.15, 0.2) is 42.6 Å². The van der Waals surface area contributed by atoms with E-state index in [-0.39, 0.29) is 17.1 Å². The Labute approximate surface area is 172 Å². The standard InChI is InChI=1S/C20H22ClF3N4O/c1-14(19(29)26-17-3-2-8-25-18(17)21)28-11-9-27(10-12-28)13-15-4-6-16(7-5-15)20(22,23)24/h2-8,14H,9-13H2,1H3,(H,26,29). The number of carbonyl (C=O) groups is 1. The molecule has 2 aromatic rings. The van der Waals surface area contributed by atoms with Gasteiger partial charge in [-0.1, -0.05) is 23.7 Å². The highest BCUT2D eigenvalue weighted by molar-refractivity contribution is 6.32. The zero-order valence-corrected chi connectivity index (χ0v) is 16.7. The van der Waals surface area contributed by atoms with E-state index >= 15 is 0 Å². The molecule has 5 nitrogen and oxygen atoms in total. The number of pyridine rings is 1. The van der Waals surface area contributed by atoms with Gasteiger partial charge in [-0.25, -0.2) is 4.98 Å². The van der Waals surface area contributed by atoms with Crippen LogP contribution in [0.1, 0.15) is 18.1 Å². The number of amides is 1. The van der Waals surface area contributed by atoms with Gasteiger partial charge in [0.1, 0.15) is 0 Å². The van der Waals surface area contributed by atoms with Crippen LogP contribution in [0.4, 0.5) is 18.9 Å². The topological polar surface area (TPSA) is 48.5 Å². The van der Waals surface area contributed by atoms with Gasteiger partial charge >= 0.3 is 6.18 Å². The van der Waals surface area contributed by atoms with E-state index in [2.05, 4.69) is 20.1 Å². The maximum atomic E-state index is 12.7. The van der Waals surface area contributed by atoms with Crippen LogP contribution in [0.25, 0.3) is 0 Å². The van der Waals surface area contributed by atoms with Crippen molar-refractivity contribution in [2.24, 2.45) is 0 Å². The first-order chi connectivity index (χ1) is 13.7. The molecule has 1 N–H and O–H groups in total. The maximum absolute atomic E-state index is 12.7. The first-order valence-electron chi connectivity index (χ1n) is 9.28. The number of aromatic nitrogens is 1. The Bertz CT molecular complexity index is 836. The molecule has 1 atom stereocenters. The molecule has 0 saturated carbocycles. The molecule has 29 heavy (non-hydrogen) atoms. The third kappa shape index (κ3) is 5.68. The molecule has 0 radical (unpaired) electrons. The van der Waals surface area contributed by atoms with Crippen molar-refractivity contribution >= 4 is 23.2 Å². The predicted molar refractivity (Wildman–Crippen MR) is 106 cm³/mol. The van der Waals surface area contributed by atoms with Crippen LogP contribution in [0.2, 0.25) is 5.15 Å². The molecule has 0 spiro atoms. The first kappa shape index (κ1) is 21.5. The van der Waals surface area contributed by atoms with Crippen molar-refractivity contribution in [1.29, 1.82) is 0 Å². The molecule has 1 fully saturated rings.